The molecule has 0 radical (unpaired) electrons. The maximum Gasteiger partial charge on any atom is 0.0223 e. The first-order chi connectivity index (χ1) is 8.90. The molecule has 2 aliphatic rings. The highest BCUT2D eigenvalue weighted by atomic mass is 32.2. The lowest BCUT2D eigenvalue weighted by Crippen LogP contribution is -2.44. The molecule has 3 heteroatoms. The molecule has 0 bridgehead atoms. The van der Waals surface area contributed by atoms with Crippen LogP contribution in [0.2, 0.25) is 0 Å². The molecule has 18 heavy (non-hydrogen) atoms. The van der Waals surface area contributed by atoms with Gasteiger partial charge in [0.05, 0.1) is 0 Å². The van der Waals surface area contributed by atoms with Crippen molar-refractivity contribution in [3.05, 3.63) is 0 Å². The van der Waals surface area contributed by atoms with Crippen molar-refractivity contribution in [1.29, 1.82) is 0 Å². The zero-order valence-electron chi connectivity index (χ0n) is 12.0. The van der Waals surface area contributed by atoms with Gasteiger partial charge in [0.15, 0.2) is 0 Å². The fourth-order valence-corrected chi connectivity index (χ4v) is 4.09. The first kappa shape index (κ1) is 14.7. The van der Waals surface area contributed by atoms with Crippen LogP contribution in [0.4, 0.5) is 0 Å². The fourth-order valence-electron chi connectivity index (χ4n) is 3.42. The summed E-state index contributed by atoms with van der Waals surface area (Å²) in [4.78, 5) is 2.71. The molecule has 2 rings (SSSR count). The average molecular weight is 270 g/mol. The van der Waals surface area contributed by atoms with Crippen molar-refractivity contribution in [2.45, 2.75) is 51.5 Å². The number of thioether (sulfide) groups is 1. The number of hydrogen-bond donors (Lipinski definition) is 1. The van der Waals surface area contributed by atoms with E-state index in [0.717, 1.165) is 12.0 Å². The quantitative estimate of drug-likeness (QED) is 0.773. The van der Waals surface area contributed by atoms with E-state index in [9.17, 15) is 0 Å². The summed E-state index contributed by atoms with van der Waals surface area (Å²) in [5.74, 6) is 3.53. The highest BCUT2D eigenvalue weighted by Crippen LogP contribution is 2.27. The van der Waals surface area contributed by atoms with E-state index in [4.69, 9.17) is 0 Å². The van der Waals surface area contributed by atoms with Gasteiger partial charge >= 0.3 is 0 Å². The minimum absolute atomic E-state index is 0.777. The van der Waals surface area contributed by atoms with Gasteiger partial charge in [-0.05, 0) is 44.0 Å². The van der Waals surface area contributed by atoms with Gasteiger partial charge in [0, 0.05) is 24.9 Å². The molecule has 1 aliphatic carbocycles. The number of nitrogens with one attached hydrogen (secondary N) is 1. The van der Waals surface area contributed by atoms with Crippen molar-refractivity contribution in [3.8, 4) is 0 Å². The molecule has 0 spiro atoms. The Labute approximate surface area is 117 Å². The lowest BCUT2D eigenvalue weighted by molar-refractivity contribution is 0.213. The largest absolute Gasteiger partial charge is 0.312 e. The summed E-state index contributed by atoms with van der Waals surface area (Å²) in [5, 5.41) is 3.82. The molecule has 2 fully saturated rings. The number of rotatable bonds is 5. The lowest BCUT2D eigenvalue weighted by atomic mass is 9.83. The van der Waals surface area contributed by atoms with Gasteiger partial charge in [-0.2, -0.15) is 11.8 Å². The number of nitrogens with zero attached hydrogens (tertiary/aromatic N) is 1. The second-order valence-corrected chi connectivity index (χ2v) is 7.20. The van der Waals surface area contributed by atoms with E-state index in [1.54, 1.807) is 0 Å². The van der Waals surface area contributed by atoms with Gasteiger partial charge in [0.25, 0.3) is 0 Å². The predicted molar refractivity (Wildman–Crippen MR) is 82.4 cm³/mol. The maximum absolute atomic E-state index is 3.82. The third-order valence-electron chi connectivity index (χ3n) is 4.49. The zero-order valence-corrected chi connectivity index (χ0v) is 12.8. The molecular weight excluding hydrogens is 240 g/mol. The Balaban J connectivity index is 1.78. The lowest BCUT2D eigenvalue weighted by Gasteiger charge is -2.32. The van der Waals surface area contributed by atoms with E-state index < -0.39 is 0 Å². The molecule has 1 unspecified atom stereocenters. The van der Waals surface area contributed by atoms with E-state index >= 15 is 0 Å². The van der Waals surface area contributed by atoms with Gasteiger partial charge in [0.1, 0.15) is 0 Å². The molecule has 1 saturated heterocycles. The third kappa shape index (κ3) is 4.75. The zero-order chi connectivity index (χ0) is 12.6. The van der Waals surface area contributed by atoms with E-state index in [1.165, 1.54) is 76.2 Å². The summed E-state index contributed by atoms with van der Waals surface area (Å²) in [7, 11) is 0. The topological polar surface area (TPSA) is 15.3 Å². The molecule has 0 amide bonds. The summed E-state index contributed by atoms with van der Waals surface area (Å²) >= 11 is 2.08. The number of hydrogen-bond acceptors (Lipinski definition) is 3. The molecule has 2 nitrogen and oxygen atoms in total. The molecule has 0 aromatic heterocycles. The van der Waals surface area contributed by atoms with Gasteiger partial charge in [-0.3, -0.25) is 0 Å². The average Bonchev–Trinajstić information content (AvgIpc) is 2.66. The van der Waals surface area contributed by atoms with Gasteiger partial charge in [-0.25, -0.2) is 0 Å². The second-order valence-electron chi connectivity index (χ2n) is 5.81. The molecule has 1 heterocycles. The van der Waals surface area contributed by atoms with Gasteiger partial charge in [-0.15, -0.1) is 0 Å². The van der Waals surface area contributed by atoms with Crippen LogP contribution in [0, 0.1) is 5.92 Å². The van der Waals surface area contributed by atoms with Crippen LogP contribution in [0.15, 0.2) is 0 Å². The molecule has 1 N–H and O–H groups in total. The van der Waals surface area contributed by atoms with Crippen LogP contribution in [0.5, 0.6) is 0 Å². The molecule has 1 aliphatic heterocycles. The van der Waals surface area contributed by atoms with Crippen molar-refractivity contribution < 1.29 is 0 Å². The van der Waals surface area contributed by atoms with Crippen molar-refractivity contribution in [3.63, 3.8) is 0 Å². The van der Waals surface area contributed by atoms with E-state index in [-0.39, 0.29) is 0 Å². The molecule has 0 aromatic rings. The van der Waals surface area contributed by atoms with Crippen molar-refractivity contribution in [2.24, 2.45) is 5.92 Å². The fraction of sp³-hybridized carbons (Fsp3) is 1.00. The maximum atomic E-state index is 3.82. The summed E-state index contributed by atoms with van der Waals surface area (Å²) < 4.78 is 0. The van der Waals surface area contributed by atoms with Gasteiger partial charge in [0.2, 0.25) is 0 Å². The first-order valence-electron chi connectivity index (χ1n) is 7.93. The normalized spacial score (nSPS) is 28.2. The summed E-state index contributed by atoms with van der Waals surface area (Å²) in [6.07, 6.45) is 8.67. The third-order valence-corrected chi connectivity index (χ3v) is 5.37. The second kappa shape index (κ2) is 8.44. The van der Waals surface area contributed by atoms with Crippen LogP contribution in [0.1, 0.15) is 45.4 Å². The Hall–Kier alpha value is 0.270. The highest BCUT2D eigenvalue weighted by molar-refractivity contribution is 7.99. The molecular formula is C15H30N2S. The standard InChI is InChI=1S/C15H30N2S/c1-2-18-12-11-17-10-6-9-16-15(13-17)14-7-4-3-5-8-14/h14-16H,2-13H2,1H3. The van der Waals surface area contributed by atoms with Crippen LogP contribution < -0.4 is 5.32 Å². The Morgan fingerprint density at radius 1 is 1.17 bits per heavy atom. The minimum atomic E-state index is 0.777. The van der Waals surface area contributed by atoms with Crippen molar-refractivity contribution >= 4 is 11.8 Å². The van der Waals surface area contributed by atoms with Crippen molar-refractivity contribution in [1.82, 2.24) is 10.2 Å². The Morgan fingerprint density at radius 3 is 2.78 bits per heavy atom. The monoisotopic (exact) mass is 270 g/mol. The van der Waals surface area contributed by atoms with Crippen molar-refractivity contribution in [2.75, 3.05) is 37.7 Å². The Kier molecular flexibility index (Phi) is 6.88. The molecule has 0 aromatic carbocycles. The highest BCUT2D eigenvalue weighted by Gasteiger charge is 2.26. The van der Waals surface area contributed by atoms with Crippen LogP contribution >= 0.6 is 11.8 Å². The molecule has 1 saturated carbocycles. The predicted octanol–water partition coefficient (Wildman–Crippen LogP) is 2.98. The first-order valence-corrected chi connectivity index (χ1v) is 9.09. The SMILES string of the molecule is CCSCCN1CCCNC(C2CCCCC2)C1. The van der Waals surface area contributed by atoms with Gasteiger partial charge in [-0.1, -0.05) is 26.2 Å². The van der Waals surface area contributed by atoms with Crippen LogP contribution in [0.25, 0.3) is 0 Å². The summed E-state index contributed by atoms with van der Waals surface area (Å²) in [5.41, 5.74) is 0. The molecule has 1 atom stereocenters. The van der Waals surface area contributed by atoms with E-state index in [0.29, 0.717) is 0 Å². The minimum Gasteiger partial charge on any atom is -0.312 e. The Morgan fingerprint density at radius 2 is 2.00 bits per heavy atom. The van der Waals surface area contributed by atoms with E-state index in [1.807, 2.05) is 0 Å². The molecule has 106 valence electrons. The van der Waals surface area contributed by atoms with Crippen LogP contribution in [-0.4, -0.2) is 48.6 Å². The Bertz CT molecular complexity index is 217. The van der Waals surface area contributed by atoms with Gasteiger partial charge < -0.3 is 10.2 Å². The summed E-state index contributed by atoms with van der Waals surface area (Å²) in [6.45, 7) is 7.40. The smallest absolute Gasteiger partial charge is 0.0223 e. The summed E-state index contributed by atoms with van der Waals surface area (Å²) in [6, 6.07) is 0.777. The van der Waals surface area contributed by atoms with Crippen LogP contribution in [0.3, 0.4) is 0 Å². The van der Waals surface area contributed by atoms with Crippen LogP contribution in [-0.2, 0) is 0 Å². The van der Waals surface area contributed by atoms with E-state index in [2.05, 4.69) is 28.9 Å².